The molecule has 1 heterocycles. The molecule has 4 amide bonds. The number of aromatic nitrogens is 1. The standard InChI is InChI=1S/C29H36N6O6S/c1-42-12-11-23(29(40)41)35-28(39)24(13-18-7-3-2-4-8-18)34-26(37)17-32-25(36)16-33-27(38)21(30)14-19-15-31-22-10-6-5-9-20(19)22/h2-10,15,21,23-24,31H,11-14,16-17,30H2,1H3,(H,32,36)(H,33,38)(H,34,37)(H,35,39)(H,40,41)/t21-,23-,24-/m0/s1. The van der Waals surface area contributed by atoms with Gasteiger partial charge in [-0.1, -0.05) is 48.5 Å². The van der Waals surface area contributed by atoms with Crippen molar-refractivity contribution in [2.45, 2.75) is 37.4 Å². The third-order valence-corrected chi connectivity index (χ3v) is 7.12. The van der Waals surface area contributed by atoms with E-state index < -0.39 is 60.8 Å². The van der Waals surface area contributed by atoms with Gasteiger partial charge in [-0.2, -0.15) is 11.8 Å². The summed E-state index contributed by atoms with van der Waals surface area (Å²) < 4.78 is 0. The maximum Gasteiger partial charge on any atom is 0.326 e. The lowest BCUT2D eigenvalue weighted by Crippen LogP contribution is -2.54. The number of carbonyl (C=O) groups is 5. The van der Waals surface area contributed by atoms with E-state index in [2.05, 4.69) is 26.3 Å². The number of carbonyl (C=O) groups excluding carboxylic acids is 4. The number of carboxylic acids is 1. The minimum absolute atomic E-state index is 0.117. The molecule has 3 aromatic rings. The molecule has 0 saturated carbocycles. The highest BCUT2D eigenvalue weighted by Crippen LogP contribution is 2.18. The molecule has 3 rings (SSSR count). The molecule has 42 heavy (non-hydrogen) atoms. The topological polar surface area (TPSA) is 196 Å². The van der Waals surface area contributed by atoms with Gasteiger partial charge in [0.1, 0.15) is 12.1 Å². The predicted molar refractivity (Wildman–Crippen MR) is 161 cm³/mol. The molecule has 2 aromatic carbocycles. The minimum Gasteiger partial charge on any atom is -0.480 e. The largest absolute Gasteiger partial charge is 0.480 e. The third-order valence-electron chi connectivity index (χ3n) is 6.48. The number of hydrogen-bond acceptors (Lipinski definition) is 7. The molecular formula is C29H36N6O6S. The molecule has 13 heteroatoms. The average Bonchev–Trinajstić information content (AvgIpc) is 3.39. The van der Waals surface area contributed by atoms with Gasteiger partial charge >= 0.3 is 5.97 Å². The Kier molecular flexibility index (Phi) is 12.4. The first-order valence-corrected chi connectivity index (χ1v) is 14.8. The monoisotopic (exact) mass is 596 g/mol. The summed E-state index contributed by atoms with van der Waals surface area (Å²) in [5.41, 5.74) is 8.60. The number of hydrogen-bond donors (Lipinski definition) is 7. The number of H-pyrrole nitrogens is 1. The fourth-order valence-corrected chi connectivity index (χ4v) is 4.71. The van der Waals surface area contributed by atoms with Gasteiger partial charge in [0.05, 0.1) is 19.1 Å². The fourth-order valence-electron chi connectivity index (χ4n) is 4.24. The number of amides is 4. The predicted octanol–water partition coefficient (Wildman–Crippen LogP) is 0.320. The summed E-state index contributed by atoms with van der Waals surface area (Å²) in [6, 6.07) is 13.5. The molecule has 8 N–H and O–H groups in total. The van der Waals surface area contributed by atoms with Crippen molar-refractivity contribution >= 4 is 52.3 Å². The molecule has 0 spiro atoms. The van der Waals surface area contributed by atoms with Gasteiger partial charge in [0.15, 0.2) is 0 Å². The van der Waals surface area contributed by atoms with Crippen LogP contribution in [0, 0.1) is 0 Å². The number of nitrogens with one attached hydrogen (secondary N) is 5. The first kappa shape index (κ1) is 32.2. The lowest BCUT2D eigenvalue weighted by atomic mass is 10.0. The summed E-state index contributed by atoms with van der Waals surface area (Å²) in [5.74, 6) is -3.08. The van der Waals surface area contributed by atoms with Gasteiger partial charge in [-0.15, -0.1) is 0 Å². The zero-order valence-electron chi connectivity index (χ0n) is 23.2. The van der Waals surface area contributed by atoms with E-state index in [1.54, 1.807) is 30.5 Å². The van der Waals surface area contributed by atoms with Gasteiger partial charge in [0.2, 0.25) is 23.6 Å². The number of thioether (sulfide) groups is 1. The molecule has 224 valence electrons. The summed E-state index contributed by atoms with van der Waals surface area (Å²) in [6.45, 7) is -0.846. The van der Waals surface area contributed by atoms with E-state index in [9.17, 15) is 29.1 Å². The van der Waals surface area contributed by atoms with Crippen LogP contribution in [0.2, 0.25) is 0 Å². The van der Waals surface area contributed by atoms with Crippen LogP contribution in [0.3, 0.4) is 0 Å². The van der Waals surface area contributed by atoms with Crippen molar-refractivity contribution < 1.29 is 29.1 Å². The van der Waals surface area contributed by atoms with Crippen molar-refractivity contribution in [2.24, 2.45) is 5.73 Å². The molecule has 0 aliphatic carbocycles. The van der Waals surface area contributed by atoms with Gasteiger partial charge in [-0.25, -0.2) is 4.79 Å². The van der Waals surface area contributed by atoms with E-state index in [1.165, 1.54) is 11.8 Å². The molecule has 0 radical (unpaired) electrons. The molecule has 0 aliphatic heterocycles. The number of fused-ring (bicyclic) bond motifs is 1. The molecule has 0 saturated heterocycles. The molecule has 12 nitrogen and oxygen atoms in total. The quantitative estimate of drug-likeness (QED) is 0.123. The molecular weight excluding hydrogens is 560 g/mol. The second kappa shape index (κ2) is 16.2. The number of nitrogens with two attached hydrogens (primary N) is 1. The number of rotatable bonds is 16. The fraction of sp³-hybridized carbons (Fsp3) is 0.345. The van der Waals surface area contributed by atoms with Crippen molar-refractivity contribution in [3.8, 4) is 0 Å². The van der Waals surface area contributed by atoms with Crippen LogP contribution in [0.5, 0.6) is 0 Å². The summed E-state index contributed by atoms with van der Waals surface area (Å²) in [5, 5.41) is 20.4. The smallest absolute Gasteiger partial charge is 0.326 e. The maximum atomic E-state index is 13.0. The minimum atomic E-state index is -1.17. The Morgan fingerprint density at radius 1 is 0.857 bits per heavy atom. The number of aromatic amines is 1. The van der Waals surface area contributed by atoms with Gasteiger partial charge in [0, 0.05) is 23.5 Å². The van der Waals surface area contributed by atoms with Crippen molar-refractivity contribution in [3.05, 3.63) is 71.9 Å². The Balaban J connectivity index is 1.49. The Hall–Kier alpha value is -4.36. The van der Waals surface area contributed by atoms with Crippen LogP contribution in [0.25, 0.3) is 10.9 Å². The van der Waals surface area contributed by atoms with Crippen LogP contribution in [-0.2, 0) is 36.8 Å². The highest BCUT2D eigenvalue weighted by molar-refractivity contribution is 7.98. The second-order valence-corrected chi connectivity index (χ2v) is 10.6. The maximum absolute atomic E-state index is 13.0. The van der Waals surface area contributed by atoms with Gasteiger partial charge in [0.25, 0.3) is 0 Å². The van der Waals surface area contributed by atoms with Crippen LogP contribution in [0.4, 0.5) is 0 Å². The van der Waals surface area contributed by atoms with E-state index in [4.69, 9.17) is 5.73 Å². The lowest BCUT2D eigenvalue weighted by Gasteiger charge is -2.22. The van der Waals surface area contributed by atoms with E-state index in [0.29, 0.717) is 5.75 Å². The summed E-state index contributed by atoms with van der Waals surface area (Å²) in [6.07, 6.45) is 4.23. The summed E-state index contributed by atoms with van der Waals surface area (Å²) in [7, 11) is 0. The van der Waals surface area contributed by atoms with Crippen LogP contribution >= 0.6 is 11.8 Å². The lowest BCUT2D eigenvalue weighted by molar-refractivity contribution is -0.142. The number of benzene rings is 2. The van der Waals surface area contributed by atoms with Crippen molar-refractivity contribution in [2.75, 3.05) is 25.1 Å². The Labute approximate surface area is 247 Å². The summed E-state index contributed by atoms with van der Waals surface area (Å²) in [4.78, 5) is 65.1. The van der Waals surface area contributed by atoms with Crippen molar-refractivity contribution in [3.63, 3.8) is 0 Å². The SMILES string of the molecule is CSCC[C@H](NC(=O)[C@H](Cc1ccccc1)NC(=O)CNC(=O)CNC(=O)[C@@H](N)Cc1c[nH]c2ccccc12)C(=O)O. The Morgan fingerprint density at radius 3 is 2.26 bits per heavy atom. The number of para-hydroxylation sites is 1. The molecule has 3 atom stereocenters. The zero-order chi connectivity index (χ0) is 30.5. The Bertz CT molecular complexity index is 1380. The molecule has 1 aromatic heterocycles. The Morgan fingerprint density at radius 2 is 1.55 bits per heavy atom. The first-order chi connectivity index (χ1) is 20.2. The molecule has 0 fully saturated rings. The van der Waals surface area contributed by atoms with Gasteiger partial charge < -0.3 is 37.1 Å². The van der Waals surface area contributed by atoms with Crippen LogP contribution in [0.15, 0.2) is 60.8 Å². The second-order valence-electron chi connectivity index (χ2n) is 9.66. The molecule has 0 aliphatic rings. The van der Waals surface area contributed by atoms with E-state index in [-0.39, 0.29) is 19.3 Å². The van der Waals surface area contributed by atoms with E-state index >= 15 is 0 Å². The normalized spacial score (nSPS) is 13.0. The molecule has 0 unspecified atom stereocenters. The van der Waals surface area contributed by atoms with Crippen molar-refractivity contribution in [1.29, 1.82) is 0 Å². The first-order valence-electron chi connectivity index (χ1n) is 13.4. The van der Waals surface area contributed by atoms with Gasteiger partial charge in [-0.05, 0) is 42.0 Å². The average molecular weight is 597 g/mol. The van der Waals surface area contributed by atoms with Crippen LogP contribution < -0.4 is 27.0 Å². The number of aliphatic carboxylic acids is 1. The third kappa shape index (κ3) is 9.93. The summed E-state index contributed by atoms with van der Waals surface area (Å²) >= 11 is 1.45. The van der Waals surface area contributed by atoms with Gasteiger partial charge in [-0.3, -0.25) is 19.2 Å². The van der Waals surface area contributed by atoms with Crippen LogP contribution in [0.1, 0.15) is 17.5 Å². The van der Waals surface area contributed by atoms with E-state index in [1.807, 2.05) is 36.6 Å². The zero-order valence-corrected chi connectivity index (χ0v) is 24.0. The highest BCUT2D eigenvalue weighted by atomic mass is 32.2. The highest BCUT2D eigenvalue weighted by Gasteiger charge is 2.27. The van der Waals surface area contributed by atoms with E-state index in [0.717, 1.165) is 22.0 Å². The number of carboxylic acid groups (broad SMARTS) is 1. The molecule has 0 bridgehead atoms. The van der Waals surface area contributed by atoms with Crippen LogP contribution in [-0.4, -0.2) is 82.9 Å². The van der Waals surface area contributed by atoms with Crippen molar-refractivity contribution in [1.82, 2.24) is 26.3 Å².